The number of carbonyl (C=O) groups excluding carboxylic acids is 2. The van der Waals surface area contributed by atoms with Gasteiger partial charge in [0.2, 0.25) is 5.91 Å². The molecule has 1 amide bonds. The molecule has 0 spiro atoms. The predicted octanol–water partition coefficient (Wildman–Crippen LogP) is 2.83. The number of methoxy groups -OCH3 is 1. The van der Waals surface area contributed by atoms with E-state index in [-0.39, 0.29) is 12.5 Å². The van der Waals surface area contributed by atoms with Crippen LogP contribution in [0.25, 0.3) is 0 Å². The summed E-state index contributed by atoms with van der Waals surface area (Å²) in [5, 5.41) is 5.78. The quantitative estimate of drug-likeness (QED) is 0.833. The molecular weight excluding hydrogens is 280 g/mol. The highest BCUT2D eigenvalue weighted by molar-refractivity contribution is 6.02. The Morgan fingerprint density at radius 2 is 1.64 bits per heavy atom. The first kappa shape index (κ1) is 15.6. The van der Waals surface area contributed by atoms with E-state index in [1.54, 1.807) is 24.3 Å². The number of hydrogen-bond donors (Lipinski definition) is 2. The molecule has 0 bridgehead atoms. The van der Waals surface area contributed by atoms with Gasteiger partial charge in [-0.15, -0.1) is 0 Å². The Labute approximate surface area is 129 Å². The zero-order valence-electron chi connectivity index (χ0n) is 12.6. The molecule has 2 aromatic rings. The van der Waals surface area contributed by atoms with Gasteiger partial charge in [0.25, 0.3) is 0 Å². The number of nitrogens with one attached hydrogen (secondary N) is 2. The maximum Gasteiger partial charge on any atom is 0.339 e. The summed E-state index contributed by atoms with van der Waals surface area (Å²) in [5.41, 5.74) is 2.73. The average Bonchev–Trinajstić information content (AvgIpc) is 2.54. The van der Waals surface area contributed by atoms with Crippen molar-refractivity contribution in [2.45, 2.75) is 6.92 Å². The normalized spacial score (nSPS) is 9.91. The molecule has 0 radical (unpaired) electrons. The lowest BCUT2D eigenvalue weighted by atomic mass is 10.2. The number of hydrogen-bond acceptors (Lipinski definition) is 4. The highest BCUT2D eigenvalue weighted by Crippen LogP contribution is 2.16. The topological polar surface area (TPSA) is 67.4 Å². The number of ether oxygens (including phenoxy) is 1. The molecule has 2 rings (SSSR count). The number of aryl methyl sites for hydroxylation is 1. The first-order valence-corrected chi connectivity index (χ1v) is 6.88. The van der Waals surface area contributed by atoms with Crippen molar-refractivity contribution in [3.63, 3.8) is 0 Å². The van der Waals surface area contributed by atoms with Crippen LogP contribution < -0.4 is 10.6 Å². The standard InChI is InChI=1S/C17H18N2O3/c1-12-7-3-5-9-14(12)18-11-16(20)19-15-10-6-4-8-13(15)17(21)22-2/h3-10,18H,11H2,1-2H3,(H,19,20). The summed E-state index contributed by atoms with van der Waals surface area (Å²) in [6.45, 7) is 2.08. The number of carbonyl (C=O) groups is 2. The molecule has 0 aliphatic rings. The second kappa shape index (κ2) is 7.26. The van der Waals surface area contributed by atoms with Gasteiger partial charge in [-0.3, -0.25) is 4.79 Å². The van der Waals surface area contributed by atoms with E-state index in [2.05, 4.69) is 10.6 Å². The molecule has 5 nitrogen and oxygen atoms in total. The van der Waals surface area contributed by atoms with Crippen molar-refractivity contribution in [1.82, 2.24) is 0 Å². The zero-order valence-corrected chi connectivity index (χ0v) is 12.6. The van der Waals surface area contributed by atoms with Crippen LogP contribution >= 0.6 is 0 Å². The third kappa shape index (κ3) is 3.85. The van der Waals surface area contributed by atoms with Crippen LogP contribution in [0.15, 0.2) is 48.5 Å². The van der Waals surface area contributed by atoms with Crippen molar-refractivity contribution in [1.29, 1.82) is 0 Å². The molecular formula is C17H18N2O3. The van der Waals surface area contributed by atoms with Crippen LogP contribution in [0.1, 0.15) is 15.9 Å². The van der Waals surface area contributed by atoms with E-state index in [1.807, 2.05) is 31.2 Å². The summed E-state index contributed by atoms with van der Waals surface area (Å²) in [7, 11) is 1.31. The van der Waals surface area contributed by atoms with E-state index >= 15 is 0 Å². The van der Waals surface area contributed by atoms with Gasteiger partial charge < -0.3 is 15.4 Å². The van der Waals surface area contributed by atoms with Crippen LogP contribution in [0.2, 0.25) is 0 Å². The Kier molecular flexibility index (Phi) is 5.14. The first-order chi connectivity index (χ1) is 10.6. The Morgan fingerprint density at radius 1 is 1.00 bits per heavy atom. The molecule has 0 atom stereocenters. The third-order valence-corrected chi connectivity index (χ3v) is 3.19. The molecule has 22 heavy (non-hydrogen) atoms. The molecule has 0 fully saturated rings. The van der Waals surface area contributed by atoms with E-state index < -0.39 is 5.97 Å². The minimum absolute atomic E-state index is 0.111. The van der Waals surface area contributed by atoms with Gasteiger partial charge in [0.1, 0.15) is 0 Å². The van der Waals surface area contributed by atoms with Gasteiger partial charge >= 0.3 is 5.97 Å². The number of anilines is 2. The molecule has 114 valence electrons. The second-order valence-corrected chi connectivity index (χ2v) is 4.75. The van der Waals surface area contributed by atoms with Crippen molar-refractivity contribution in [2.24, 2.45) is 0 Å². The lowest BCUT2D eigenvalue weighted by Gasteiger charge is -2.11. The summed E-state index contributed by atoms with van der Waals surface area (Å²) in [5.74, 6) is -0.720. The fourth-order valence-corrected chi connectivity index (χ4v) is 2.02. The van der Waals surface area contributed by atoms with E-state index in [0.29, 0.717) is 11.3 Å². The fraction of sp³-hybridized carbons (Fsp3) is 0.176. The minimum atomic E-state index is -0.484. The Morgan fingerprint density at radius 3 is 2.32 bits per heavy atom. The summed E-state index contributed by atoms with van der Waals surface area (Å²) < 4.78 is 4.70. The van der Waals surface area contributed by atoms with Crippen molar-refractivity contribution in [3.8, 4) is 0 Å². The van der Waals surface area contributed by atoms with E-state index in [4.69, 9.17) is 4.74 Å². The molecule has 0 aliphatic carbocycles. The van der Waals surface area contributed by atoms with Crippen molar-refractivity contribution in [2.75, 3.05) is 24.3 Å². The van der Waals surface area contributed by atoms with Crippen molar-refractivity contribution < 1.29 is 14.3 Å². The van der Waals surface area contributed by atoms with Gasteiger partial charge in [0.15, 0.2) is 0 Å². The molecule has 5 heteroatoms. The van der Waals surface area contributed by atoms with Crippen LogP contribution in [0.5, 0.6) is 0 Å². The Hall–Kier alpha value is -2.82. The molecule has 0 aliphatic heterocycles. The molecule has 2 aromatic carbocycles. The molecule has 0 aromatic heterocycles. The summed E-state index contributed by atoms with van der Waals surface area (Å²) in [4.78, 5) is 23.7. The molecule has 0 saturated carbocycles. The Bertz CT molecular complexity index is 683. The van der Waals surface area contributed by atoms with Gasteiger partial charge in [-0.1, -0.05) is 30.3 Å². The predicted molar refractivity (Wildman–Crippen MR) is 86.1 cm³/mol. The van der Waals surface area contributed by atoms with Crippen LogP contribution in [0.3, 0.4) is 0 Å². The maximum atomic E-state index is 12.0. The largest absolute Gasteiger partial charge is 0.465 e. The van der Waals surface area contributed by atoms with Gasteiger partial charge in [0.05, 0.1) is 24.9 Å². The molecule has 0 unspecified atom stereocenters. The van der Waals surface area contributed by atoms with Crippen LogP contribution in [0.4, 0.5) is 11.4 Å². The number of benzene rings is 2. The van der Waals surface area contributed by atoms with Gasteiger partial charge in [-0.2, -0.15) is 0 Å². The monoisotopic (exact) mass is 298 g/mol. The fourth-order valence-electron chi connectivity index (χ4n) is 2.02. The van der Waals surface area contributed by atoms with E-state index in [0.717, 1.165) is 11.3 Å². The van der Waals surface area contributed by atoms with Crippen LogP contribution in [0, 0.1) is 6.92 Å². The van der Waals surface area contributed by atoms with E-state index in [1.165, 1.54) is 7.11 Å². The maximum absolute atomic E-state index is 12.0. The van der Waals surface area contributed by atoms with E-state index in [9.17, 15) is 9.59 Å². The first-order valence-electron chi connectivity index (χ1n) is 6.88. The molecule has 0 saturated heterocycles. The second-order valence-electron chi connectivity index (χ2n) is 4.75. The summed E-state index contributed by atoms with van der Waals surface area (Å²) >= 11 is 0. The Balaban J connectivity index is 2.01. The van der Waals surface area contributed by atoms with Gasteiger partial charge in [0, 0.05) is 5.69 Å². The lowest BCUT2D eigenvalue weighted by molar-refractivity contribution is -0.114. The summed E-state index contributed by atoms with van der Waals surface area (Å²) in [6, 6.07) is 14.4. The lowest BCUT2D eigenvalue weighted by Crippen LogP contribution is -2.23. The average molecular weight is 298 g/mol. The number of rotatable bonds is 5. The van der Waals surface area contributed by atoms with Crippen molar-refractivity contribution >= 4 is 23.3 Å². The summed E-state index contributed by atoms with van der Waals surface area (Å²) in [6.07, 6.45) is 0. The highest BCUT2D eigenvalue weighted by atomic mass is 16.5. The van der Waals surface area contributed by atoms with Crippen LogP contribution in [-0.4, -0.2) is 25.5 Å². The molecule has 2 N–H and O–H groups in total. The number of para-hydroxylation sites is 2. The third-order valence-electron chi connectivity index (χ3n) is 3.19. The van der Waals surface area contributed by atoms with Crippen molar-refractivity contribution in [3.05, 3.63) is 59.7 Å². The molecule has 0 heterocycles. The highest BCUT2D eigenvalue weighted by Gasteiger charge is 2.13. The van der Waals surface area contributed by atoms with Crippen LogP contribution in [-0.2, 0) is 9.53 Å². The van der Waals surface area contributed by atoms with Gasteiger partial charge in [-0.25, -0.2) is 4.79 Å². The number of esters is 1. The smallest absolute Gasteiger partial charge is 0.339 e. The minimum Gasteiger partial charge on any atom is -0.465 e. The van der Waals surface area contributed by atoms with Gasteiger partial charge in [-0.05, 0) is 30.7 Å². The zero-order chi connectivity index (χ0) is 15.9. The SMILES string of the molecule is COC(=O)c1ccccc1NC(=O)CNc1ccccc1C. The number of amides is 1.